The molecule has 0 radical (unpaired) electrons. The van der Waals surface area contributed by atoms with E-state index in [9.17, 15) is 8.78 Å². The smallest absolute Gasteiger partial charge is 0.367 e. The Hall–Kier alpha value is -1.58. The van der Waals surface area contributed by atoms with Crippen molar-refractivity contribution < 1.29 is 18.1 Å². The third-order valence-electron chi connectivity index (χ3n) is 2.16. The number of rotatable bonds is 3. The third-order valence-corrected chi connectivity index (χ3v) is 2.16. The lowest BCUT2D eigenvalue weighted by atomic mass is 10.2. The van der Waals surface area contributed by atoms with Crippen molar-refractivity contribution in [1.29, 1.82) is 0 Å². The van der Waals surface area contributed by atoms with Crippen LogP contribution in [0.15, 0.2) is 24.3 Å². The van der Waals surface area contributed by atoms with Gasteiger partial charge in [0.1, 0.15) is 18.0 Å². The number of hydrogen-bond acceptors (Lipinski definition) is 1. The van der Waals surface area contributed by atoms with Crippen LogP contribution in [0.5, 0.6) is 5.75 Å². The number of methoxy groups -OCH3 is 1. The molecule has 4 heteroatoms. The summed E-state index contributed by atoms with van der Waals surface area (Å²) in [5.41, 5.74) is 1.48. The minimum atomic E-state index is -1.64. The van der Waals surface area contributed by atoms with Gasteiger partial charge in [-0.05, 0) is 17.7 Å². The van der Waals surface area contributed by atoms with Crippen LogP contribution in [0.4, 0.5) is 8.78 Å². The van der Waals surface area contributed by atoms with Crippen LogP contribution in [-0.2, 0) is 0 Å². The highest BCUT2D eigenvalue weighted by Crippen LogP contribution is 2.21. The first kappa shape index (κ1) is 8.99. The Kier molecular flexibility index (Phi) is 2.11. The van der Waals surface area contributed by atoms with E-state index in [1.807, 2.05) is 0 Å². The van der Waals surface area contributed by atoms with Crippen molar-refractivity contribution in [3.05, 3.63) is 36.4 Å². The summed E-state index contributed by atoms with van der Waals surface area (Å²) in [5, 5.41) is 0. The van der Waals surface area contributed by atoms with Crippen LogP contribution in [0.25, 0.3) is 0 Å². The second-order valence-electron chi connectivity index (χ2n) is 3.00. The van der Waals surface area contributed by atoms with Crippen LogP contribution in [0.3, 0.4) is 0 Å². The molecule has 1 aliphatic rings. The molecule has 14 heavy (non-hydrogen) atoms. The molecule has 0 fully saturated rings. The molecule has 2 nitrogen and oxygen atoms in total. The molecule has 2 rings (SSSR count). The molecule has 0 spiro atoms. The van der Waals surface area contributed by atoms with Gasteiger partial charge in [-0.25, -0.2) is 8.78 Å². The summed E-state index contributed by atoms with van der Waals surface area (Å²) in [6.07, 6.45) is 0. The molecule has 0 saturated heterocycles. The Bertz CT molecular complexity index is 370. The zero-order valence-corrected chi connectivity index (χ0v) is 7.63. The number of benzene rings is 1. The quantitative estimate of drug-likeness (QED) is 0.409. The molecule has 0 aromatic heterocycles. The SMILES string of the molecule is COc1ccc(C2=[N+]([C-](F)F)C2)cc1. The normalized spacial score (nSPS) is 14.2. The molecule has 74 valence electrons. The zero-order valence-electron chi connectivity index (χ0n) is 7.63. The molecule has 1 aliphatic heterocycles. The average molecular weight is 197 g/mol. The van der Waals surface area contributed by atoms with Gasteiger partial charge >= 0.3 is 6.55 Å². The summed E-state index contributed by atoms with van der Waals surface area (Å²) < 4.78 is 30.1. The predicted octanol–water partition coefficient (Wildman–Crippen LogP) is 1.90. The summed E-state index contributed by atoms with van der Waals surface area (Å²) in [5.74, 6) is 0.728. The van der Waals surface area contributed by atoms with E-state index in [4.69, 9.17) is 4.74 Å². The number of nitrogens with zero attached hydrogens (tertiary/aromatic N) is 1. The van der Waals surface area contributed by atoms with Gasteiger partial charge in [-0.3, -0.25) is 0 Å². The monoisotopic (exact) mass is 197 g/mol. The van der Waals surface area contributed by atoms with Gasteiger partial charge < -0.3 is 9.31 Å². The van der Waals surface area contributed by atoms with Crippen molar-refractivity contribution in [2.75, 3.05) is 13.7 Å². The zero-order chi connectivity index (χ0) is 10.1. The van der Waals surface area contributed by atoms with Gasteiger partial charge in [0.2, 0.25) is 0 Å². The van der Waals surface area contributed by atoms with Gasteiger partial charge in [0, 0.05) is 0 Å². The molecule has 0 bridgehead atoms. The Morgan fingerprint density at radius 2 is 1.93 bits per heavy atom. The third kappa shape index (κ3) is 1.55. The summed E-state index contributed by atoms with van der Waals surface area (Å²) in [7, 11) is 1.57. The first-order chi connectivity index (χ1) is 6.72. The van der Waals surface area contributed by atoms with Crippen LogP contribution >= 0.6 is 0 Å². The molecule has 0 unspecified atom stereocenters. The molecular formula is C10H9F2NO. The van der Waals surface area contributed by atoms with E-state index in [2.05, 4.69) is 0 Å². The van der Waals surface area contributed by atoms with E-state index in [1.54, 1.807) is 31.4 Å². The van der Waals surface area contributed by atoms with Crippen LogP contribution in [0, 0.1) is 6.55 Å². The molecule has 0 saturated carbocycles. The Balaban J connectivity index is 2.20. The van der Waals surface area contributed by atoms with Gasteiger partial charge in [0.05, 0.1) is 7.11 Å². The summed E-state index contributed by atoms with van der Waals surface area (Å²) >= 11 is 0. The van der Waals surface area contributed by atoms with Crippen molar-refractivity contribution >= 4 is 5.71 Å². The maximum absolute atomic E-state index is 12.1. The van der Waals surface area contributed by atoms with Gasteiger partial charge in [-0.1, -0.05) is 12.1 Å². The molecular weight excluding hydrogens is 188 g/mol. The fourth-order valence-electron chi connectivity index (χ4n) is 1.31. The van der Waals surface area contributed by atoms with E-state index < -0.39 is 6.55 Å². The van der Waals surface area contributed by atoms with E-state index >= 15 is 0 Å². The number of halogens is 2. The van der Waals surface area contributed by atoms with Crippen molar-refractivity contribution in [3.8, 4) is 5.75 Å². The van der Waals surface area contributed by atoms with Crippen LogP contribution < -0.4 is 4.74 Å². The minimum absolute atomic E-state index is 0.328. The van der Waals surface area contributed by atoms with Crippen molar-refractivity contribution in [2.45, 2.75) is 0 Å². The Labute approximate surface area is 80.4 Å². The average Bonchev–Trinajstić information content (AvgIpc) is 2.97. The summed E-state index contributed by atoms with van der Waals surface area (Å²) in [6.45, 7) is -1.31. The van der Waals surface area contributed by atoms with E-state index in [0.29, 0.717) is 12.3 Å². The highest BCUT2D eigenvalue weighted by Gasteiger charge is 2.30. The van der Waals surface area contributed by atoms with Gasteiger partial charge in [0.25, 0.3) is 0 Å². The van der Waals surface area contributed by atoms with Crippen molar-refractivity contribution in [3.63, 3.8) is 0 Å². The molecule has 1 heterocycles. The Morgan fingerprint density at radius 3 is 2.36 bits per heavy atom. The topological polar surface area (TPSA) is 12.2 Å². The molecule has 1 aromatic rings. The van der Waals surface area contributed by atoms with Gasteiger partial charge in [-0.2, -0.15) is 0 Å². The van der Waals surface area contributed by atoms with Crippen LogP contribution in [0.2, 0.25) is 0 Å². The minimum Gasteiger partial charge on any atom is -0.497 e. The fourth-order valence-corrected chi connectivity index (χ4v) is 1.31. The van der Waals surface area contributed by atoms with E-state index in [-0.39, 0.29) is 0 Å². The van der Waals surface area contributed by atoms with Crippen molar-refractivity contribution in [2.24, 2.45) is 0 Å². The van der Waals surface area contributed by atoms with Crippen LogP contribution in [-0.4, -0.2) is 23.9 Å². The first-order valence-corrected chi connectivity index (χ1v) is 4.18. The summed E-state index contributed by atoms with van der Waals surface area (Å²) in [6, 6.07) is 7.07. The fraction of sp³-hybridized carbons (Fsp3) is 0.200. The highest BCUT2D eigenvalue weighted by molar-refractivity contribution is 6.03. The van der Waals surface area contributed by atoms with Gasteiger partial charge in [0.15, 0.2) is 0 Å². The maximum atomic E-state index is 12.1. The van der Waals surface area contributed by atoms with E-state index in [0.717, 1.165) is 15.9 Å². The molecule has 0 amide bonds. The Morgan fingerprint density at radius 1 is 1.29 bits per heavy atom. The molecule has 1 aromatic carbocycles. The number of ether oxygens (including phenoxy) is 1. The molecule has 0 N–H and O–H groups in total. The van der Waals surface area contributed by atoms with Gasteiger partial charge in [-0.15, -0.1) is 0 Å². The lowest BCUT2D eigenvalue weighted by Crippen LogP contribution is -1.91. The van der Waals surface area contributed by atoms with Crippen molar-refractivity contribution in [1.82, 2.24) is 0 Å². The maximum Gasteiger partial charge on any atom is 0.367 e. The number of hydrogen-bond donors (Lipinski definition) is 0. The standard InChI is InChI=1S/C10H9F2NO/c1-14-8-4-2-7(3-5-8)9-6-13(9)10(11)12/h2-5H,6H2,1H3. The predicted molar refractivity (Wildman–Crippen MR) is 47.7 cm³/mol. The summed E-state index contributed by atoms with van der Waals surface area (Å²) in [4.78, 5) is 0. The largest absolute Gasteiger partial charge is 0.497 e. The molecule has 0 atom stereocenters. The highest BCUT2D eigenvalue weighted by atomic mass is 19.3. The lowest BCUT2D eigenvalue weighted by molar-refractivity contribution is -0.484. The lowest BCUT2D eigenvalue weighted by Gasteiger charge is -1.98. The van der Waals surface area contributed by atoms with Crippen LogP contribution in [0.1, 0.15) is 5.56 Å². The second kappa shape index (κ2) is 3.29. The van der Waals surface area contributed by atoms with E-state index in [1.165, 1.54) is 0 Å². The second-order valence-corrected chi connectivity index (χ2v) is 3.00. The molecule has 0 aliphatic carbocycles. The first-order valence-electron chi connectivity index (χ1n) is 4.18.